The molecule has 82 valence electrons. The van der Waals surface area contributed by atoms with Gasteiger partial charge >= 0.3 is 0 Å². The molecule has 15 heavy (non-hydrogen) atoms. The number of hydrogen-bond acceptors (Lipinski definition) is 2. The van der Waals surface area contributed by atoms with Crippen molar-refractivity contribution in [2.24, 2.45) is 0 Å². The molecule has 0 radical (unpaired) electrons. The number of benzene rings is 1. The molecule has 0 spiro atoms. The summed E-state index contributed by atoms with van der Waals surface area (Å²) in [5.74, 6) is -0.696. The number of rotatable bonds is 4. The summed E-state index contributed by atoms with van der Waals surface area (Å²) in [6.07, 6.45) is 0. The summed E-state index contributed by atoms with van der Waals surface area (Å²) in [7, 11) is 1.40. The number of carbonyl (C=O) groups excluding carboxylic acids is 1. The van der Waals surface area contributed by atoms with Crippen LogP contribution in [0.5, 0.6) is 5.75 Å². The van der Waals surface area contributed by atoms with Gasteiger partial charge in [0.1, 0.15) is 16.9 Å². The third kappa shape index (κ3) is 2.83. The number of halogens is 3. The molecule has 1 unspecified atom stereocenters. The van der Waals surface area contributed by atoms with Gasteiger partial charge in [-0.3, -0.25) is 4.79 Å². The molecule has 0 aliphatic heterocycles. The smallest absolute Gasteiger partial charge is 0.185 e. The van der Waals surface area contributed by atoms with Gasteiger partial charge in [-0.05, 0) is 18.2 Å². The van der Waals surface area contributed by atoms with Crippen LogP contribution >= 0.6 is 23.2 Å². The minimum absolute atomic E-state index is 0.0277. The van der Waals surface area contributed by atoms with Crippen molar-refractivity contribution in [3.63, 3.8) is 0 Å². The van der Waals surface area contributed by atoms with Crippen molar-refractivity contribution in [2.45, 2.75) is 5.38 Å². The maximum atomic E-state index is 12.9. The SMILES string of the molecule is COc1ccc(F)cc1C(=O)C(Cl)CCl. The molecule has 0 N–H and O–H groups in total. The first-order valence-electron chi connectivity index (χ1n) is 4.18. The highest BCUT2D eigenvalue weighted by atomic mass is 35.5. The van der Waals surface area contributed by atoms with Crippen LogP contribution < -0.4 is 4.74 Å². The van der Waals surface area contributed by atoms with Crippen molar-refractivity contribution < 1.29 is 13.9 Å². The number of methoxy groups -OCH3 is 1. The second kappa shape index (κ2) is 5.33. The maximum Gasteiger partial charge on any atom is 0.185 e. The molecule has 0 amide bonds. The van der Waals surface area contributed by atoms with Crippen LogP contribution in [0.3, 0.4) is 0 Å². The average molecular weight is 251 g/mol. The van der Waals surface area contributed by atoms with Gasteiger partial charge in [0, 0.05) is 5.88 Å². The zero-order chi connectivity index (χ0) is 11.4. The van der Waals surface area contributed by atoms with E-state index < -0.39 is 17.0 Å². The van der Waals surface area contributed by atoms with E-state index in [4.69, 9.17) is 27.9 Å². The Bertz CT molecular complexity index is 368. The minimum atomic E-state index is -0.873. The lowest BCUT2D eigenvalue weighted by molar-refractivity contribution is 0.0989. The van der Waals surface area contributed by atoms with Crippen LogP contribution in [0.25, 0.3) is 0 Å². The second-order valence-corrected chi connectivity index (χ2v) is 3.67. The molecule has 1 atom stereocenters. The normalized spacial score (nSPS) is 12.3. The van der Waals surface area contributed by atoms with E-state index >= 15 is 0 Å². The van der Waals surface area contributed by atoms with E-state index in [1.807, 2.05) is 0 Å². The van der Waals surface area contributed by atoms with Crippen molar-refractivity contribution in [1.82, 2.24) is 0 Å². The fraction of sp³-hybridized carbons (Fsp3) is 0.300. The Labute approximate surface area is 96.9 Å². The van der Waals surface area contributed by atoms with Gasteiger partial charge in [-0.15, -0.1) is 23.2 Å². The van der Waals surface area contributed by atoms with E-state index in [0.29, 0.717) is 0 Å². The van der Waals surface area contributed by atoms with E-state index in [2.05, 4.69) is 0 Å². The van der Waals surface area contributed by atoms with Gasteiger partial charge in [0.15, 0.2) is 5.78 Å². The molecule has 5 heteroatoms. The molecule has 0 saturated heterocycles. The lowest BCUT2D eigenvalue weighted by Gasteiger charge is -2.09. The second-order valence-electron chi connectivity index (χ2n) is 2.83. The Morgan fingerprint density at radius 3 is 2.80 bits per heavy atom. The summed E-state index contributed by atoms with van der Waals surface area (Å²) in [5, 5.41) is -0.873. The quantitative estimate of drug-likeness (QED) is 0.607. The predicted molar refractivity (Wildman–Crippen MR) is 57.6 cm³/mol. The number of alkyl halides is 2. The first-order chi connectivity index (χ1) is 7.10. The topological polar surface area (TPSA) is 26.3 Å². The van der Waals surface area contributed by atoms with Gasteiger partial charge < -0.3 is 4.74 Å². The molecule has 0 bridgehead atoms. The highest BCUT2D eigenvalue weighted by Crippen LogP contribution is 2.22. The van der Waals surface area contributed by atoms with Crippen LogP contribution in [0.4, 0.5) is 4.39 Å². The number of hydrogen-bond donors (Lipinski definition) is 0. The van der Waals surface area contributed by atoms with Crippen molar-refractivity contribution in [1.29, 1.82) is 0 Å². The van der Waals surface area contributed by atoms with E-state index in [9.17, 15) is 9.18 Å². The van der Waals surface area contributed by atoms with Gasteiger partial charge in [0.05, 0.1) is 12.7 Å². The Kier molecular flexibility index (Phi) is 4.36. The Balaban J connectivity index is 3.11. The number of ketones is 1. The Morgan fingerprint density at radius 2 is 2.27 bits per heavy atom. The van der Waals surface area contributed by atoms with Crippen LogP contribution in [-0.2, 0) is 0 Å². The maximum absolute atomic E-state index is 12.9. The Hall–Kier alpha value is -0.800. The zero-order valence-electron chi connectivity index (χ0n) is 7.97. The van der Waals surface area contributed by atoms with E-state index in [1.165, 1.54) is 19.2 Å². The summed E-state index contributed by atoms with van der Waals surface area (Å²) in [4.78, 5) is 11.6. The van der Waals surface area contributed by atoms with Crippen molar-refractivity contribution in [3.05, 3.63) is 29.6 Å². The van der Waals surface area contributed by atoms with E-state index in [0.717, 1.165) is 6.07 Å². The molecule has 0 heterocycles. The summed E-state index contributed by atoms with van der Waals surface area (Å²) in [6, 6.07) is 3.67. The summed E-state index contributed by atoms with van der Waals surface area (Å²) >= 11 is 11.1. The summed E-state index contributed by atoms with van der Waals surface area (Å²) < 4.78 is 17.9. The largest absolute Gasteiger partial charge is 0.496 e. The first-order valence-corrected chi connectivity index (χ1v) is 5.15. The molecule has 2 nitrogen and oxygen atoms in total. The van der Waals surface area contributed by atoms with Gasteiger partial charge in [0.2, 0.25) is 0 Å². The highest BCUT2D eigenvalue weighted by molar-refractivity contribution is 6.38. The van der Waals surface area contributed by atoms with Crippen LogP contribution in [-0.4, -0.2) is 24.2 Å². The summed E-state index contributed by atoms with van der Waals surface area (Å²) in [6.45, 7) is 0. The van der Waals surface area contributed by atoms with E-state index in [-0.39, 0.29) is 17.2 Å². The van der Waals surface area contributed by atoms with Crippen LogP contribution in [0.15, 0.2) is 18.2 Å². The highest BCUT2D eigenvalue weighted by Gasteiger charge is 2.20. The van der Waals surface area contributed by atoms with Crippen LogP contribution in [0, 0.1) is 5.82 Å². The van der Waals surface area contributed by atoms with Crippen LogP contribution in [0.1, 0.15) is 10.4 Å². The van der Waals surface area contributed by atoms with Crippen LogP contribution in [0.2, 0.25) is 0 Å². The van der Waals surface area contributed by atoms with Gasteiger partial charge in [0.25, 0.3) is 0 Å². The summed E-state index contributed by atoms with van der Waals surface area (Å²) in [5.41, 5.74) is 0.109. The molecular formula is C10H9Cl2FO2. The third-order valence-electron chi connectivity index (χ3n) is 1.85. The molecule has 1 rings (SSSR count). The third-order valence-corrected chi connectivity index (χ3v) is 2.67. The van der Waals surface area contributed by atoms with Gasteiger partial charge in [-0.25, -0.2) is 4.39 Å². The van der Waals surface area contributed by atoms with Gasteiger partial charge in [-0.1, -0.05) is 0 Å². The molecule has 1 aromatic carbocycles. The standard InChI is InChI=1S/C10H9Cl2FO2/c1-15-9-3-2-6(13)4-7(9)10(14)8(12)5-11/h2-4,8H,5H2,1H3. The first kappa shape index (κ1) is 12.3. The Morgan fingerprint density at radius 1 is 1.60 bits per heavy atom. The molecular weight excluding hydrogens is 242 g/mol. The van der Waals surface area contributed by atoms with Gasteiger partial charge in [-0.2, -0.15) is 0 Å². The zero-order valence-corrected chi connectivity index (χ0v) is 9.48. The fourth-order valence-corrected chi connectivity index (χ4v) is 1.37. The average Bonchev–Trinajstić information content (AvgIpc) is 2.27. The molecule has 0 aliphatic rings. The molecule has 0 aromatic heterocycles. The molecule has 0 aliphatic carbocycles. The monoisotopic (exact) mass is 250 g/mol. The van der Waals surface area contributed by atoms with E-state index in [1.54, 1.807) is 0 Å². The molecule has 0 saturated carbocycles. The number of carbonyl (C=O) groups is 1. The molecule has 0 fully saturated rings. The van der Waals surface area contributed by atoms with Crippen molar-refractivity contribution in [2.75, 3.05) is 13.0 Å². The minimum Gasteiger partial charge on any atom is -0.496 e. The molecule has 1 aromatic rings. The number of ether oxygens (including phenoxy) is 1. The lowest BCUT2D eigenvalue weighted by atomic mass is 10.1. The van der Waals surface area contributed by atoms with Crippen molar-refractivity contribution in [3.8, 4) is 5.75 Å². The fourth-order valence-electron chi connectivity index (χ4n) is 1.11. The van der Waals surface area contributed by atoms with Crippen molar-refractivity contribution >= 4 is 29.0 Å². The number of Topliss-reactive ketones (excluding diaryl/α,β-unsaturated/α-hetero) is 1. The predicted octanol–water partition coefficient (Wildman–Crippen LogP) is 2.86. The lowest BCUT2D eigenvalue weighted by Crippen LogP contribution is -2.17.